The van der Waals surface area contributed by atoms with Gasteiger partial charge in [0.25, 0.3) is 0 Å². The van der Waals surface area contributed by atoms with Crippen LogP contribution in [0.4, 0.5) is 4.79 Å². The molecule has 9 nitrogen and oxygen atoms in total. The highest BCUT2D eigenvalue weighted by molar-refractivity contribution is 5.91. The van der Waals surface area contributed by atoms with E-state index in [0.29, 0.717) is 13.1 Å². The Hall–Kier alpha value is -3.59. The molecule has 0 bridgehead atoms. The molecule has 2 aliphatic heterocycles. The first-order chi connectivity index (χ1) is 17.3. The van der Waals surface area contributed by atoms with E-state index >= 15 is 0 Å². The molecule has 2 heterocycles. The van der Waals surface area contributed by atoms with Crippen LogP contribution in [-0.2, 0) is 22.7 Å². The normalized spacial score (nSPS) is 21.3. The molecule has 4 amide bonds. The van der Waals surface area contributed by atoms with Gasteiger partial charge in [-0.2, -0.15) is 0 Å². The number of carbonyl (C=O) groups excluding carboxylic acids is 3. The number of hydrogen-bond acceptors (Lipinski definition) is 5. The van der Waals surface area contributed by atoms with Crippen molar-refractivity contribution in [1.29, 1.82) is 0 Å². The molecule has 2 aromatic rings. The molecule has 0 aliphatic carbocycles. The number of hydrogen-bond donors (Lipinski definition) is 1. The van der Waals surface area contributed by atoms with Crippen molar-refractivity contribution in [3.05, 3.63) is 65.7 Å². The van der Waals surface area contributed by atoms with Gasteiger partial charge in [0.05, 0.1) is 20.2 Å². The Balaban J connectivity index is 1.61. The number of benzene rings is 2. The van der Waals surface area contributed by atoms with Gasteiger partial charge in [0.2, 0.25) is 11.8 Å². The number of urea groups is 1. The summed E-state index contributed by atoms with van der Waals surface area (Å²) in [7, 11) is 3.35. The highest BCUT2D eigenvalue weighted by Gasteiger charge is 2.51. The summed E-state index contributed by atoms with van der Waals surface area (Å²) in [6.07, 6.45) is 0.140. The van der Waals surface area contributed by atoms with Crippen LogP contribution in [0.3, 0.4) is 0 Å². The van der Waals surface area contributed by atoms with Gasteiger partial charge in [-0.05, 0) is 29.2 Å². The zero-order valence-corrected chi connectivity index (χ0v) is 21.4. The number of carbonyl (C=O) groups is 3. The number of nitrogens with one attached hydrogen (secondary N) is 1. The molecule has 2 fully saturated rings. The zero-order chi connectivity index (χ0) is 25.8. The van der Waals surface area contributed by atoms with E-state index in [1.54, 1.807) is 34.0 Å². The first-order valence-electron chi connectivity index (χ1n) is 12.4. The molecule has 192 valence electrons. The molecule has 0 aromatic heterocycles. The third-order valence-corrected chi connectivity index (χ3v) is 7.08. The SMILES string of the molecule is CCC(C)[C@H]1C(=O)N(Cc2ccc(OC)cc2)C[C@H]2N1C(=O)CN(C)N2C(=O)NCc1ccccc1. The maximum Gasteiger partial charge on any atom is 0.334 e. The average molecular weight is 494 g/mol. The molecular weight excluding hydrogens is 458 g/mol. The van der Waals surface area contributed by atoms with Crippen molar-refractivity contribution in [3.8, 4) is 5.75 Å². The van der Waals surface area contributed by atoms with Crippen LogP contribution in [0.2, 0.25) is 0 Å². The minimum atomic E-state index is -0.627. The van der Waals surface area contributed by atoms with Crippen molar-refractivity contribution in [2.45, 2.75) is 45.6 Å². The summed E-state index contributed by atoms with van der Waals surface area (Å²) in [5.41, 5.74) is 1.94. The van der Waals surface area contributed by atoms with Crippen molar-refractivity contribution >= 4 is 17.8 Å². The van der Waals surface area contributed by atoms with Gasteiger partial charge in [0.1, 0.15) is 18.0 Å². The molecule has 0 saturated carbocycles. The monoisotopic (exact) mass is 493 g/mol. The van der Waals surface area contributed by atoms with Gasteiger partial charge in [0, 0.05) is 20.1 Å². The molecule has 3 atom stereocenters. The van der Waals surface area contributed by atoms with Crippen LogP contribution in [0.25, 0.3) is 0 Å². The van der Waals surface area contributed by atoms with Crippen LogP contribution in [0.15, 0.2) is 54.6 Å². The van der Waals surface area contributed by atoms with E-state index in [9.17, 15) is 14.4 Å². The first-order valence-corrected chi connectivity index (χ1v) is 12.4. The topological polar surface area (TPSA) is 85.4 Å². The predicted molar refractivity (Wildman–Crippen MR) is 135 cm³/mol. The predicted octanol–water partition coefficient (Wildman–Crippen LogP) is 2.68. The van der Waals surface area contributed by atoms with E-state index in [0.717, 1.165) is 23.3 Å². The minimum absolute atomic E-state index is 0.0357. The highest BCUT2D eigenvalue weighted by Crippen LogP contribution is 2.31. The second-order valence-electron chi connectivity index (χ2n) is 9.48. The molecule has 2 aromatic carbocycles. The second-order valence-corrected chi connectivity index (χ2v) is 9.48. The van der Waals surface area contributed by atoms with E-state index in [-0.39, 0.29) is 36.9 Å². The number of likely N-dealkylation sites (N-methyl/N-ethyl adjacent to an activating group) is 1. The summed E-state index contributed by atoms with van der Waals surface area (Å²) in [4.78, 5) is 43.8. The average Bonchev–Trinajstić information content (AvgIpc) is 2.89. The van der Waals surface area contributed by atoms with E-state index in [1.165, 1.54) is 0 Å². The lowest BCUT2D eigenvalue weighted by Gasteiger charge is -2.55. The third-order valence-electron chi connectivity index (χ3n) is 7.08. The van der Waals surface area contributed by atoms with Gasteiger partial charge in [-0.15, -0.1) is 0 Å². The van der Waals surface area contributed by atoms with Gasteiger partial charge in [-0.25, -0.2) is 14.8 Å². The smallest absolute Gasteiger partial charge is 0.334 e. The van der Waals surface area contributed by atoms with Gasteiger partial charge in [-0.1, -0.05) is 62.7 Å². The largest absolute Gasteiger partial charge is 0.497 e. The Labute approximate surface area is 212 Å². The lowest BCUT2D eigenvalue weighted by molar-refractivity contribution is -0.190. The number of piperazine rings is 1. The summed E-state index contributed by atoms with van der Waals surface area (Å²) in [5, 5.41) is 6.23. The van der Waals surface area contributed by atoms with E-state index in [2.05, 4.69) is 5.32 Å². The van der Waals surface area contributed by atoms with Crippen LogP contribution in [0.1, 0.15) is 31.4 Å². The molecule has 2 saturated heterocycles. The third kappa shape index (κ3) is 5.16. The van der Waals surface area contributed by atoms with Crippen LogP contribution in [0, 0.1) is 5.92 Å². The van der Waals surface area contributed by atoms with Crippen LogP contribution in [0.5, 0.6) is 5.75 Å². The Bertz CT molecular complexity index is 1080. The Kier molecular flexibility index (Phi) is 7.79. The molecule has 9 heteroatoms. The maximum atomic E-state index is 13.7. The lowest BCUT2D eigenvalue weighted by Crippen LogP contribution is -2.76. The molecular formula is C27H35N5O4. The number of nitrogens with zero attached hydrogens (tertiary/aromatic N) is 4. The number of amides is 4. The Morgan fingerprint density at radius 3 is 2.42 bits per heavy atom. The summed E-state index contributed by atoms with van der Waals surface area (Å²) in [6.45, 7) is 5.02. The van der Waals surface area contributed by atoms with Crippen LogP contribution < -0.4 is 10.1 Å². The number of hydrazine groups is 1. The van der Waals surface area contributed by atoms with Crippen LogP contribution in [-0.4, -0.2) is 77.1 Å². The zero-order valence-electron chi connectivity index (χ0n) is 21.4. The number of fused-ring (bicyclic) bond motifs is 1. The van der Waals surface area contributed by atoms with Crippen molar-refractivity contribution in [3.63, 3.8) is 0 Å². The lowest BCUT2D eigenvalue weighted by atomic mass is 9.92. The van der Waals surface area contributed by atoms with Gasteiger partial charge >= 0.3 is 6.03 Å². The molecule has 0 spiro atoms. The Morgan fingerprint density at radius 2 is 1.78 bits per heavy atom. The number of methoxy groups -OCH3 is 1. The Morgan fingerprint density at radius 1 is 1.08 bits per heavy atom. The van der Waals surface area contributed by atoms with Crippen molar-refractivity contribution in [2.75, 3.05) is 27.2 Å². The van der Waals surface area contributed by atoms with Crippen molar-refractivity contribution in [1.82, 2.24) is 25.1 Å². The molecule has 0 radical (unpaired) electrons. The quantitative estimate of drug-likeness (QED) is 0.641. The fourth-order valence-corrected chi connectivity index (χ4v) is 4.94. The molecule has 1 N–H and O–H groups in total. The summed E-state index contributed by atoms with van der Waals surface area (Å²) >= 11 is 0. The second kappa shape index (κ2) is 11.0. The summed E-state index contributed by atoms with van der Waals surface area (Å²) < 4.78 is 5.25. The summed E-state index contributed by atoms with van der Waals surface area (Å²) in [5.74, 6) is 0.463. The van der Waals surface area contributed by atoms with Gasteiger partial charge < -0.3 is 19.9 Å². The van der Waals surface area contributed by atoms with E-state index < -0.39 is 12.2 Å². The number of ether oxygens (including phenoxy) is 1. The molecule has 1 unspecified atom stereocenters. The molecule has 2 aliphatic rings. The molecule has 4 rings (SSSR count). The first kappa shape index (κ1) is 25.5. The van der Waals surface area contributed by atoms with Crippen LogP contribution >= 0.6 is 0 Å². The highest BCUT2D eigenvalue weighted by atomic mass is 16.5. The maximum absolute atomic E-state index is 13.7. The summed E-state index contributed by atoms with van der Waals surface area (Å²) in [6, 6.07) is 16.3. The fourth-order valence-electron chi connectivity index (χ4n) is 4.94. The van der Waals surface area contributed by atoms with Gasteiger partial charge in [-0.3, -0.25) is 9.59 Å². The minimum Gasteiger partial charge on any atom is -0.497 e. The standard InChI is InChI=1S/C27H35N5O4/c1-5-19(2)25-26(34)30(16-21-11-13-22(36-4)14-12-21)17-23-31(25)24(33)18-29(3)32(23)27(35)28-15-20-9-7-6-8-10-20/h6-14,19,23,25H,5,15-18H2,1-4H3,(H,28,35)/t19?,23-,25-/m0/s1. The van der Waals surface area contributed by atoms with E-state index in [4.69, 9.17) is 4.74 Å². The number of rotatable bonds is 7. The van der Waals surface area contributed by atoms with Crippen molar-refractivity contribution in [2.24, 2.45) is 5.92 Å². The molecule has 36 heavy (non-hydrogen) atoms. The van der Waals surface area contributed by atoms with E-state index in [1.807, 2.05) is 68.4 Å². The van der Waals surface area contributed by atoms with Crippen molar-refractivity contribution < 1.29 is 19.1 Å². The fraction of sp³-hybridized carbons (Fsp3) is 0.444. The van der Waals surface area contributed by atoms with Gasteiger partial charge in [0.15, 0.2) is 0 Å².